The lowest BCUT2D eigenvalue weighted by atomic mass is 10.0. The first-order chi connectivity index (χ1) is 14.3. The monoisotopic (exact) mass is 425 g/mol. The normalized spacial score (nSPS) is 11.4. The minimum Gasteiger partial charge on any atom is -0.350 e. The van der Waals surface area contributed by atoms with Crippen LogP contribution in [0.25, 0.3) is 0 Å². The Hall–Kier alpha value is -3.26. The van der Waals surface area contributed by atoms with Crippen LogP contribution in [0.5, 0.6) is 0 Å². The Morgan fingerprint density at radius 2 is 1.67 bits per heavy atom. The zero-order valence-electron chi connectivity index (χ0n) is 16.8. The molecule has 1 heterocycles. The first-order valence-corrected chi connectivity index (χ1v) is 11.0. The van der Waals surface area contributed by atoms with E-state index in [1.807, 2.05) is 44.2 Å². The fraction of sp³-hybridized carbons (Fsp3) is 0.227. The van der Waals surface area contributed by atoms with Crippen molar-refractivity contribution in [2.45, 2.75) is 42.8 Å². The predicted molar refractivity (Wildman–Crippen MR) is 113 cm³/mol. The maximum Gasteiger partial charge on any atom is 0.267 e. The molecule has 3 rings (SSSR count). The van der Waals surface area contributed by atoms with E-state index in [-0.39, 0.29) is 22.4 Å². The zero-order chi connectivity index (χ0) is 21.7. The molecule has 0 spiro atoms. The minimum absolute atomic E-state index is 0.0816. The molecule has 1 aromatic heterocycles. The molecular weight excluding hydrogens is 402 g/mol. The van der Waals surface area contributed by atoms with Gasteiger partial charge >= 0.3 is 0 Å². The van der Waals surface area contributed by atoms with Gasteiger partial charge in [-0.2, -0.15) is 5.10 Å². The lowest BCUT2D eigenvalue weighted by Crippen LogP contribution is -2.33. The Labute approximate surface area is 175 Å². The van der Waals surface area contributed by atoms with Gasteiger partial charge < -0.3 is 5.32 Å². The molecular formula is C22H23N3O4S. The van der Waals surface area contributed by atoms with Gasteiger partial charge in [0.25, 0.3) is 5.56 Å². The van der Waals surface area contributed by atoms with Crippen LogP contribution >= 0.6 is 0 Å². The number of nitrogens with zero attached hydrogens (tertiary/aromatic N) is 2. The van der Waals surface area contributed by atoms with Gasteiger partial charge in [-0.15, -0.1) is 0 Å². The highest BCUT2D eigenvalue weighted by atomic mass is 32.2. The molecule has 30 heavy (non-hydrogen) atoms. The summed E-state index contributed by atoms with van der Waals surface area (Å²) in [5.74, 6) is -0.166. The van der Waals surface area contributed by atoms with Crippen molar-refractivity contribution in [1.29, 1.82) is 0 Å². The van der Waals surface area contributed by atoms with Gasteiger partial charge in [-0.05, 0) is 35.2 Å². The fourth-order valence-corrected chi connectivity index (χ4v) is 4.02. The van der Waals surface area contributed by atoms with Crippen molar-refractivity contribution in [1.82, 2.24) is 15.1 Å². The van der Waals surface area contributed by atoms with Crippen molar-refractivity contribution < 1.29 is 13.2 Å². The molecule has 8 heteroatoms. The molecule has 156 valence electrons. The van der Waals surface area contributed by atoms with Crippen molar-refractivity contribution in [3.8, 4) is 0 Å². The number of rotatable bonds is 7. The average molecular weight is 426 g/mol. The Morgan fingerprint density at radius 1 is 1.00 bits per heavy atom. The van der Waals surface area contributed by atoms with Crippen molar-refractivity contribution in [3.05, 3.63) is 88.2 Å². The first-order valence-electron chi connectivity index (χ1n) is 9.51. The van der Waals surface area contributed by atoms with Crippen LogP contribution in [0.2, 0.25) is 0 Å². The van der Waals surface area contributed by atoms with E-state index in [2.05, 4.69) is 10.4 Å². The molecule has 7 nitrogen and oxygen atoms in total. The molecule has 0 bridgehead atoms. The molecule has 1 amide bonds. The smallest absolute Gasteiger partial charge is 0.267 e. The summed E-state index contributed by atoms with van der Waals surface area (Å²) >= 11 is 0. The van der Waals surface area contributed by atoms with E-state index in [9.17, 15) is 18.0 Å². The molecule has 0 atom stereocenters. The summed E-state index contributed by atoms with van der Waals surface area (Å²) in [6, 6.07) is 18.1. The molecule has 1 N–H and O–H groups in total. The number of hydrogen-bond acceptors (Lipinski definition) is 5. The summed E-state index contributed by atoms with van der Waals surface area (Å²) in [5.41, 5.74) is 1.37. The van der Waals surface area contributed by atoms with Gasteiger partial charge in [-0.1, -0.05) is 56.3 Å². The zero-order valence-corrected chi connectivity index (χ0v) is 17.6. The molecule has 0 aliphatic carbocycles. The van der Waals surface area contributed by atoms with E-state index in [0.717, 1.165) is 27.9 Å². The second-order valence-corrected chi connectivity index (χ2v) is 9.05. The lowest BCUT2D eigenvalue weighted by molar-refractivity contribution is -0.122. The van der Waals surface area contributed by atoms with E-state index in [1.54, 1.807) is 12.1 Å². The first kappa shape index (κ1) is 21.4. The molecule has 0 aliphatic rings. The second-order valence-electron chi connectivity index (χ2n) is 7.16. The van der Waals surface area contributed by atoms with Crippen molar-refractivity contribution in [2.24, 2.45) is 0 Å². The third kappa shape index (κ3) is 5.01. The van der Waals surface area contributed by atoms with E-state index in [0.29, 0.717) is 6.54 Å². The van der Waals surface area contributed by atoms with Gasteiger partial charge in [0.05, 0.1) is 4.90 Å². The standard InChI is InChI=1S/C22H23N3O4S/c1-16(2)18-8-10-19(11-9-18)30(28,29)21-12-13-22(27)25(24-21)15-20(26)23-14-17-6-4-3-5-7-17/h3-13,16H,14-15H2,1-2H3,(H,23,26). The van der Waals surface area contributed by atoms with E-state index in [1.165, 1.54) is 12.1 Å². The van der Waals surface area contributed by atoms with E-state index < -0.39 is 21.3 Å². The molecule has 0 unspecified atom stereocenters. The number of carbonyl (C=O) groups excluding carboxylic acids is 1. The van der Waals surface area contributed by atoms with Crippen molar-refractivity contribution in [3.63, 3.8) is 0 Å². The number of amides is 1. The maximum atomic E-state index is 12.9. The molecule has 3 aromatic rings. The molecule has 2 aromatic carbocycles. The van der Waals surface area contributed by atoms with E-state index in [4.69, 9.17) is 0 Å². The van der Waals surface area contributed by atoms with Crippen LogP contribution in [-0.4, -0.2) is 24.1 Å². The second kappa shape index (κ2) is 9.04. The third-order valence-corrected chi connectivity index (χ3v) is 6.26. The van der Waals surface area contributed by atoms with Gasteiger partial charge in [0.2, 0.25) is 15.7 Å². The van der Waals surface area contributed by atoms with Crippen molar-refractivity contribution in [2.75, 3.05) is 0 Å². The molecule has 0 saturated carbocycles. The number of aromatic nitrogens is 2. The largest absolute Gasteiger partial charge is 0.350 e. The predicted octanol–water partition coefficient (Wildman–Crippen LogP) is 2.52. The summed E-state index contributed by atoms with van der Waals surface area (Å²) in [4.78, 5) is 24.4. The van der Waals surface area contributed by atoms with Crippen LogP contribution in [0.3, 0.4) is 0 Å². The quantitative estimate of drug-likeness (QED) is 0.627. The Morgan fingerprint density at radius 3 is 2.30 bits per heavy atom. The van der Waals surface area contributed by atoms with Gasteiger partial charge in [-0.3, -0.25) is 9.59 Å². The summed E-state index contributed by atoms with van der Waals surface area (Å²) in [5, 5.41) is 6.34. The summed E-state index contributed by atoms with van der Waals surface area (Å²) in [7, 11) is -3.91. The van der Waals surface area contributed by atoms with Gasteiger partial charge in [0.15, 0.2) is 5.03 Å². The van der Waals surface area contributed by atoms with Crippen molar-refractivity contribution >= 4 is 15.7 Å². The molecule has 0 radical (unpaired) electrons. The van der Waals surface area contributed by atoms with Crippen LogP contribution in [0.4, 0.5) is 0 Å². The van der Waals surface area contributed by atoms with Crippen LogP contribution in [0.15, 0.2) is 81.4 Å². The Bertz CT molecular complexity index is 1190. The fourth-order valence-electron chi connectivity index (χ4n) is 2.83. The average Bonchev–Trinajstić information content (AvgIpc) is 2.74. The summed E-state index contributed by atoms with van der Waals surface area (Å²) in [6.07, 6.45) is 0. The summed E-state index contributed by atoms with van der Waals surface area (Å²) < 4.78 is 26.6. The minimum atomic E-state index is -3.91. The van der Waals surface area contributed by atoms with Gasteiger partial charge in [-0.25, -0.2) is 13.1 Å². The summed E-state index contributed by atoms with van der Waals surface area (Å²) in [6.45, 7) is 3.96. The van der Waals surface area contributed by atoms with Gasteiger partial charge in [0.1, 0.15) is 6.54 Å². The topological polar surface area (TPSA) is 98.1 Å². The van der Waals surface area contributed by atoms with Crippen LogP contribution in [-0.2, 0) is 27.7 Å². The highest BCUT2D eigenvalue weighted by molar-refractivity contribution is 7.91. The van der Waals surface area contributed by atoms with Gasteiger partial charge in [0, 0.05) is 12.6 Å². The van der Waals surface area contributed by atoms with Crippen LogP contribution in [0.1, 0.15) is 30.9 Å². The number of sulfone groups is 1. The van der Waals surface area contributed by atoms with Crippen LogP contribution < -0.4 is 10.9 Å². The molecule has 0 saturated heterocycles. The maximum absolute atomic E-state index is 12.9. The lowest BCUT2D eigenvalue weighted by Gasteiger charge is -2.10. The van der Waals surface area contributed by atoms with Crippen LogP contribution in [0, 0.1) is 0 Å². The molecule has 0 aliphatic heterocycles. The SMILES string of the molecule is CC(C)c1ccc(S(=O)(=O)c2ccc(=O)n(CC(=O)NCc3ccccc3)n2)cc1. The Balaban J connectivity index is 1.78. The number of nitrogens with one attached hydrogen (secondary N) is 1. The van der Waals surface area contributed by atoms with E-state index >= 15 is 0 Å². The number of carbonyl (C=O) groups is 1. The highest BCUT2D eigenvalue weighted by Gasteiger charge is 2.21. The highest BCUT2D eigenvalue weighted by Crippen LogP contribution is 2.21. The number of hydrogen-bond donors (Lipinski definition) is 1. The molecule has 0 fully saturated rings. The Kier molecular flexibility index (Phi) is 6.47. The number of benzene rings is 2. The third-order valence-electron chi connectivity index (χ3n) is 4.60.